The highest BCUT2D eigenvalue weighted by Crippen LogP contribution is 2.32. The SMILES string of the molecule is COCCOC(=O)C1=C(C)N(C)C(=S)NC1c1cccc(NC(=O)c2ccc(OC)cc2)c1. The molecule has 1 aliphatic heterocycles. The maximum Gasteiger partial charge on any atom is 0.338 e. The molecule has 0 saturated heterocycles. The van der Waals surface area contributed by atoms with Gasteiger partial charge in [0.05, 0.1) is 25.3 Å². The molecular formula is C24H27N3O5S. The summed E-state index contributed by atoms with van der Waals surface area (Å²) in [5.74, 6) is -0.0402. The van der Waals surface area contributed by atoms with Crippen molar-refractivity contribution in [3.05, 3.63) is 70.9 Å². The highest BCUT2D eigenvalue weighted by Gasteiger charge is 2.33. The molecule has 0 radical (unpaired) electrons. The van der Waals surface area contributed by atoms with Crippen molar-refractivity contribution in [2.75, 3.05) is 39.8 Å². The summed E-state index contributed by atoms with van der Waals surface area (Å²) in [5, 5.41) is 6.58. The number of methoxy groups -OCH3 is 2. The standard InChI is InChI=1S/C24H27N3O5S/c1-15-20(23(29)32-13-12-30-3)21(26-24(33)27(15)2)17-6-5-7-18(14-17)25-22(28)16-8-10-19(31-4)11-9-16/h5-11,14,21H,12-13H2,1-4H3,(H,25,28)(H,26,33). The molecule has 1 atom stereocenters. The fourth-order valence-electron chi connectivity index (χ4n) is 3.39. The van der Waals surface area contributed by atoms with E-state index < -0.39 is 12.0 Å². The van der Waals surface area contributed by atoms with E-state index in [0.717, 1.165) is 5.56 Å². The Morgan fingerprint density at radius 3 is 2.52 bits per heavy atom. The van der Waals surface area contributed by atoms with E-state index in [4.69, 9.17) is 26.4 Å². The van der Waals surface area contributed by atoms with Crippen molar-refractivity contribution >= 4 is 34.9 Å². The van der Waals surface area contributed by atoms with E-state index >= 15 is 0 Å². The van der Waals surface area contributed by atoms with Gasteiger partial charge in [0, 0.05) is 31.1 Å². The lowest BCUT2D eigenvalue weighted by molar-refractivity contribution is -0.140. The van der Waals surface area contributed by atoms with Gasteiger partial charge in [0.15, 0.2) is 5.11 Å². The number of carbonyl (C=O) groups is 2. The van der Waals surface area contributed by atoms with Gasteiger partial charge in [-0.25, -0.2) is 4.79 Å². The molecule has 0 bridgehead atoms. The molecule has 1 heterocycles. The molecule has 2 aromatic carbocycles. The van der Waals surface area contributed by atoms with Gasteiger partial charge in [0.2, 0.25) is 0 Å². The van der Waals surface area contributed by atoms with E-state index in [1.807, 2.05) is 25.1 Å². The zero-order chi connectivity index (χ0) is 24.0. The first-order valence-electron chi connectivity index (χ1n) is 10.3. The number of ether oxygens (including phenoxy) is 3. The van der Waals surface area contributed by atoms with Gasteiger partial charge >= 0.3 is 5.97 Å². The number of allylic oxidation sites excluding steroid dienone is 1. The molecule has 0 saturated carbocycles. The topological polar surface area (TPSA) is 89.1 Å². The normalized spacial score (nSPS) is 15.7. The van der Waals surface area contributed by atoms with Crippen molar-refractivity contribution in [3.63, 3.8) is 0 Å². The lowest BCUT2D eigenvalue weighted by Gasteiger charge is -2.35. The number of nitrogens with zero attached hydrogens (tertiary/aromatic N) is 1. The summed E-state index contributed by atoms with van der Waals surface area (Å²) in [7, 11) is 4.90. The van der Waals surface area contributed by atoms with Crippen LogP contribution in [0.3, 0.4) is 0 Å². The van der Waals surface area contributed by atoms with Gasteiger partial charge in [0.25, 0.3) is 5.91 Å². The predicted molar refractivity (Wildman–Crippen MR) is 129 cm³/mol. The number of anilines is 1. The minimum absolute atomic E-state index is 0.144. The number of nitrogens with one attached hydrogen (secondary N) is 2. The van der Waals surface area contributed by atoms with Gasteiger partial charge in [-0.2, -0.15) is 0 Å². The number of benzene rings is 2. The van der Waals surface area contributed by atoms with Crippen LogP contribution in [0.25, 0.3) is 0 Å². The van der Waals surface area contributed by atoms with Crippen molar-refractivity contribution in [1.82, 2.24) is 10.2 Å². The quantitative estimate of drug-likeness (QED) is 0.346. The number of amides is 1. The van der Waals surface area contributed by atoms with E-state index in [1.165, 1.54) is 0 Å². The molecule has 0 fully saturated rings. The van der Waals surface area contributed by atoms with Crippen LogP contribution in [-0.4, -0.2) is 56.4 Å². The zero-order valence-electron chi connectivity index (χ0n) is 19.0. The number of thiocarbonyl (C=S) groups is 1. The molecule has 1 unspecified atom stereocenters. The predicted octanol–water partition coefficient (Wildman–Crippen LogP) is 3.27. The van der Waals surface area contributed by atoms with Crippen LogP contribution in [-0.2, 0) is 14.3 Å². The Morgan fingerprint density at radius 2 is 1.85 bits per heavy atom. The van der Waals surface area contributed by atoms with E-state index in [9.17, 15) is 9.59 Å². The molecule has 0 aromatic heterocycles. The second-order valence-corrected chi connectivity index (χ2v) is 7.76. The van der Waals surface area contributed by atoms with Crippen LogP contribution in [0.5, 0.6) is 5.75 Å². The Kier molecular flexibility index (Phi) is 8.02. The van der Waals surface area contributed by atoms with Crippen LogP contribution in [0.15, 0.2) is 59.8 Å². The molecule has 1 aliphatic rings. The van der Waals surface area contributed by atoms with Crippen molar-refractivity contribution in [2.24, 2.45) is 0 Å². The van der Waals surface area contributed by atoms with Crippen LogP contribution in [0.2, 0.25) is 0 Å². The molecule has 2 N–H and O–H groups in total. The first kappa shape index (κ1) is 24.2. The van der Waals surface area contributed by atoms with Crippen LogP contribution >= 0.6 is 12.2 Å². The van der Waals surface area contributed by atoms with Crippen LogP contribution < -0.4 is 15.4 Å². The van der Waals surface area contributed by atoms with Gasteiger partial charge in [-0.15, -0.1) is 0 Å². The molecule has 1 amide bonds. The Bertz CT molecular complexity index is 1070. The molecule has 33 heavy (non-hydrogen) atoms. The second-order valence-electron chi connectivity index (χ2n) is 7.38. The summed E-state index contributed by atoms with van der Waals surface area (Å²) in [6.07, 6.45) is 0. The molecule has 3 rings (SSSR count). The number of rotatable bonds is 8. The Labute approximate surface area is 198 Å². The highest BCUT2D eigenvalue weighted by atomic mass is 32.1. The summed E-state index contributed by atoms with van der Waals surface area (Å²) in [5.41, 5.74) is 2.98. The lowest BCUT2D eigenvalue weighted by atomic mass is 9.95. The van der Waals surface area contributed by atoms with E-state index in [-0.39, 0.29) is 12.5 Å². The molecule has 2 aromatic rings. The highest BCUT2D eigenvalue weighted by molar-refractivity contribution is 7.80. The fourth-order valence-corrected chi connectivity index (χ4v) is 3.64. The van der Waals surface area contributed by atoms with Crippen molar-refractivity contribution in [1.29, 1.82) is 0 Å². The Balaban J connectivity index is 1.86. The Hall–Kier alpha value is -3.43. The van der Waals surface area contributed by atoms with Crippen LogP contribution in [0, 0.1) is 0 Å². The molecule has 174 valence electrons. The first-order valence-corrected chi connectivity index (χ1v) is 10.7. The summed E-state index contributed by atoms with van der Waals surface area (Å²) in [4.78, 5) is 27.3. The second kappa shape index (κ2) is 10.9. The minimum atomic E-state index is -0.526. The molecule has 9 heteroatoms. The van der Waals surface area contributed by atoms with Crippen molar-refractivity contribution in [2.45, 2.75) is 13.0 Å². The minimum Gasteiger partial charge on any atom is -0.497 e. The summed E-state index contributed by atoms with van der Waals surface area (Å²) in [6.45, 7) is 2.27. The molecule has 8 nitrogen and oxygen atoms in total. The van der Waals surface area contributed by atoms with Gasteiger partial charge < -0.3 is 29.7 Å². The third-order valence-corrected chi connectivity index (χ3v) is 5.72. The monoisotopic (exact) mass is 469 g/mol. The van der Waals surface area contributed by atoms with Gasteiger partial charge in [-0.1, -0.05) is 12.1 Å². The van der Waals surface area contributed by atoms with Crippen molar-refractivity contribution < 1.29 is 23.8 Å². The zero-order valence-corrected chi connectivity index (χ0v) is 19.8. The number of carbonyl (C=O) groups excluding carboxylic acids is 2. The Morgan fingerprint density at radius 1 is 1.12 bits per heavy atom. The fraction of sp³-hybridized carbons (Fsp3) is 0.292. The van der Waals surface area contributed by atoms with E-state index in [1.54, 1.807) is 56.5 Å². The summed E-state index contributed by atoms with van der Waals surface area (Å²) < 4.78 is 15.5. The maximum atomic E-state index is 12.9. The van der Waals surface area contributed by atoms with Gasteiger partial charge in [-0.05, 0) is 61.1 Å². The van der Waals surface area contributed by atoms with Gasteiger partial charge in [0.1, 0.15) is 12.4 Å². The maximum absolute atomic E-state index is 12.9. The largest absolute Gasteiger partial charge is 0.497 e. The van der Waals surface area contributed by atoms with Crippen LogP contribution in [0.1, 0.15) is 28.9 Å². The lowest BCUT2D eigenvalue weighted by Crippen LogP contribution is -2.46. The first-order chi connectivity index (χ1) is 15.8. The average molecular weight is 470 g/mol. The number of hydrogen-bond donors (Lipinski definition) is 2. The molecular weight excluding hydrogens is 442 g/mol. The van der Waals surface area contributed by atoms with Crippen LogP contribution in [0.4, 0.5) is 5.69 Å². The van der Waals surface area contributed by atoms with Gasteiger partial charge in [-0.3, -0.25) is 4.79 Å². The number of esters is 1. The average Bonchev–Trinajstić information content (AvgIpc) is 2.82. The van der Waals surface area contributed by atoms with Crippen molar-refractivity contribution in [3.8, 4) is 5.75 Å². The van der Waals surface area contributed by atoms with E-state index in [0.29, 0.717) is 40.0 Å². The summed E-state index contributed by atoms with van der Waals surface area (Å²) >= 11 is 5.44. The molecule has 0 spiro atoms. The number of hydrogen-bond acceptors (Lipinski definition) is 6. The smallest absolute Gasteiger partial charge is 0.338 e. The molecule has 0 aliphatic carbocycles. The third kappa shape index (κ3) is 5.68. The van der Waals surface area contributed by atoms with E-state index in [2.05, 4.69) is 10.6 Å². The third-order valence-electron chi connectivity index (χ3n) is 5.32. The summed E-state index contributed by atoms with van der Waals surface area (Å²) in [6, 6.07) is 13.6.